The largest absolute Gasteiger partial charge is 0.304 e. The Labute approximate surface area is 206 Å². The van der Waals surface area contributed by atoms with E-state index < -0.39 is 0 Å². The van der Waals surface area contributed by atoms with E-state index in [9.17, 15) is 0 Å². The second-order valence-corrected chi connectivity index (χ2v) is 12.9. The number of piperidine rings is 1. The zero-order valence-electron chi connectivity index (χ0n) is 19.5. The van der Waals surface area contributed by atoms with Crippen LogP contribution in [0.5, 0.6) is 0 Å². The first-order valence-electron chi connectivity index (χ1n) is 11.5. The molecule has 1 aliphatic heterocycles. The van der Waals surface area contributed by atoms with E-state index in [0.29, 0.717) is 5.41 Å². The van der Waals surface area contributed by atoms with Crippen LogP contribution in [0.2, 0.25) is 0 Å². The molecule has 1 aliphatic carbocycles. The zero-order valence-corrected chi connectivity index (χ0v) is 21.9. The molecule has 2 fully saturated rings. The molecule has 2 aliphatic rings. The Morgan fingerprint density at radius 1 is 1.12 bits per heavy atom. The number of thiazole rings is 2. The lowest BCUT2D eigenvalue weighted by Gasteiger charge is -2.21. The minimum absolute atomic E-state index is 0.377. The van der Waals surface area contributed by atoms with Crippen molar-refractivity contribution in [1.82, 2.24) is 29.6 Å². The van der Waals surface area contributed by atoms with Gasteiger partial charge in [-0.25, -0.2) is 9.97 Å². The fourth-order valence-corrected chi connectivity index (χ4v) is 7.97. The van der Waals surface area contributed by atoms with E-state index in [4.69, 9.17) is 4.98 Å². The molecule has 3 aromatic heterocycles. The number of likely N-dealkylation sites (tertiary alicyclic amines) is 1. The summed E-state index contributed by atoms with van der Waals surface area (Å²) < 4.78 is 3.42. The summed E-state index contributed by atoms with van der Waals surface area (Å²) in [4.78, 5) is 13.0. The first kappa shape index (κ1) is 21.7. The summed E-state index contributed by atoms with van der Waals surface area (Å²) in [6.07, 6.45) is 2.50. The van der Waals surface area contributed by atoms with E-state index in [1.807, 2.05) is 25.6 Å². The Morgan fingerprint density at radius 2 is 1.97 bits per heavy atom. The molecular formula is C24H28N6S3. The fraction of sp³-hybridized carbons (Fsp3) is 0.500. The molecule has 0 amide bonds. The molecule has 1 saturated heterocycles. The molecule has 2 atom stereocenters. The summed E-state index contributed by atoms with van der Waals surface area (Å²) in [6.45, 7) is 9.76. The normalized spacial score (nSPS) is 22.4. The molecule has 2 unspecified atom stereocenters. The van der Waals surface area contributed by atoms with Crippen molar-refractivity contribution >= 4 is 44.7 Å². The Morgan fingerprint density at radius 3 is 2.79 bits per heavy atom. The molecule has 1 aromatic carbocycles. The van der Waals surface area contributed by atoms with Gasteiger partial charge in [0.1, 0.15) is 0 Å². The Balaban J connectivity index is 1.04. The van der Waals surface area contributed by atoms with Crippen molar-refractivity contribution in [1.29, 1.82) is 0 Å². The summed E-state index contributed by atoms with van der Waals surface area (Å²) in [5.41, 5.74) is 4.09. The summed E-state index contributed by atoms with van der Waals surface area (Å²) in [6, 6.07) is 7.00. The van der Waals surface area contributed by atoms with Crippen LogP contribution in [0, 0.1) is 26.7 Å². The van der Waals surface area contributed by atoms with Gasteiger partial charge in [0.05, 0.1) is 30.8 Å². The van der Waals surface area contributed by atoms with Gasteiger partial charge in [-0.3, -0.25) is 0 Å². The zero-order chi connectivity index (χ0) is 22.7. The number of rotatable bonds is 7. The molecule has 0 N–H and O–H groups in total. The third-order valence-electron chi connectivity index (χ3n) is 7.08. The molecule has 9 heteroatoms. The minimum Gasteiger partial charge on any atom is -0.304 e. The van der Waals surface area contributed by atoms with Crippen molar-refractivity contribution in [2.45, 2.75) is 44.2 Å². The average Bonchev–Trinajstić information content (AvgIpc) is 3.15. The van der Waals surface area contributed by atoms with Gasteiger partial charge in [0.2, 0.25) is 0 Å². The quantitative estimate of drug-likeness (QED) is 0.258. The first-order valence-corrected chi connectivity index (χ1v) is 14.1. The lowest BCUT2D eigenvalue weighted by molar-refractivity contribution is 0.299. The van der Waals surface area contributed by atoms with Crippen molar-refractivity contribution in [3.8, 4) is 10.7 Å². The Kier molecular flexibility index (Phi) is 5.36. The van der Waals surface area contributed by atoms with E-state index in [0.717, 1.165) is 49.8 Å². The lowest BCUT2D eigenvalue weighted by Crippen LogP contribution is -2.27. The number of aromatic nitrogens is 5. The number of aryl methyl sites for hydroxylation is 3. The predicted octanol–water partition coefficient (Wildman–Crippen LogP) is 5.23. The maximum Gasteiger partial charge on any atom is 0.191 e. The number of hydrogen-bond acceptors (Lipinski definition) is 8. The topological polar surface area (TPSA) is 59.7 Å². The van der Waals surface area contributed by atoms with Gasteiger partial charge in [-0.05, 0) is 63.8 Å². The minimum atomic E-state index is 0.377. The smallest absolute Gasteiger partial charge is 0.191 e. The van der Waals surface area contributed by atoms with Crippen molar-refractivity contribution in [2.75, 3.05) is 25.4 Å². The summed E-state index contributed by atoms with van der Waals surface area (Å²) in [5, 5.41) is 12.1. The maximum absolute atomic E-state index is 4.72. The average molecular weight is 497 g/mol. The summed E-state index contributed by atoms with van der Waals surface area (Å²) in [7, 11) is 2.06. The van der Waals surface area contributed by atoms with Gasteiger partial charge in [0.15, 0.2) is 11.0 Å². The van der Waals surface area contributed by atoms with Gasteiger partial charge in [-0.15, -0.1) is 32.9 Å². The second-order valence-electron chi connectivity index (χ2n) is 9.42. The predicted molar refractivity (Wildman–Crippen MR) is 138 cm³/mol. The van der Waals surface area contributed by atoms with Crippen LogP contribution < -0.4 is 0 Å². The van der Waals surface area contributed by atoms with Crippen molar-refractivity contribution in [3.05, 3.63) is 39.5 Å². The third kappa shape index (κ3) is 3.83. The van der Waals surface area contributed by atoms with Crippen molar-refractivity contribution in [3.63, 3.8) is 0 Å². The highest BCUT2D eigenvalue weighted by Crippen LogP contribution is 2.59. The standard InChI is InChI=1S/C24H28N6S3/c1-14-21(33-15(2)25-14)22-27-28-23(29(22)4)31-9-5-8-30-12-18-11-24(18,13-30)17-6-7-20-19(10-17)26-16(3)32-20/h6-7,10,18H,5,8-9,11-13H2,1-4H3. The van der Waals surface area contributed by atoms with Crippen molar-refractivity contribution < 1.29 is 0 Å². The molecule has 0 bridgehead atoms. The summed E-state index contributed by atoms with van der Waals surface area (Å²) >= 11 is 5.29. The Hall–Kier alpha value is -1.81. The van der Waals surface area contributed by atoms with Crippen LogP contribution in [-0.4, -0.2) is 55.0 Å². The molecule has 6 nitrogen and oxygen atoms in total. The molecular weight excluding hydrogens is 469 g/mol. The van der Waals surface area contributed by atoms with E-state index in [-0.39, 0.29) is 0 Å². The number of benzene rings is 1. The van der Waals surface area contributed by atoms with Gasteiger partial charge in [0.25, 0.3) is 0 Å². The molecule has 6 rings (SSSR count). The lowest BCUT2D eigenvalue weighted by atomic mass is 9.95. The number of nitrogens with zero attached hydrogens (tertiary/aromatic N) is 6. The Bertz CT molecular complexity index is 1340. The highest BCUT2D eigenvalue weighted by molar-refractivity contribution is 7.99. The first-order chi connectivity index (χ1) is 15.9. The monoisotopic (exact) mass is 496 g/mol. The second kappa shape index (κ2) is 8.15. The van der Waals surface area contributed by atoms with Crippen LogP contribution in [0.4, 0.5) is 0 Å². The number of thioether (sulfide) groups is 1. The van der Waals surface area contributed by atoms with Crippen LogP contribution >= 0.6 is 34.4 Å². The van der Waals surface area contributed by atoms with E-state index in [2.05, 4.69) is 56.8 Å². The summed E-state index contributed by atoms with van der Waals surface area (Å²) in [5.74, 6) is 2.80. The molecule has 0 spiro atoms. The van der Waals surface area contributed by atoms with Gasteiger partial charge in [0, 0.05) is 31.3 Å². The molecule has 1 saturated carbocycles. The van der Waals surface area contributed by atoms with Gasteiger partial charge >= 0.3 is 0 Å². The fourth-order valence-electron chi connectivity index (χ4n) is 5.39. The van der Waals surface area contributed by atoms with E-state index in [1.54, 1.807) is 22.7 Å². The van der Waals surface area contributed by atoms with Crippen molar-refractivity contribution in [2.24, 2.45) is 13.0 Å². The highest BCUT2D eigenvalue weighted by Gasteiger charge is 2.60. The molecule has 0 radical (unpaired) electrons. The third-order valence-corrected chi connectivity index (χ3v) is 10.2. The SMILES string of the molecule is Cc1nc(C)c(-c2nnc(SCCCN3CC4CC4(c4ccc5sc(C)nc5c4)C3)n2C)s1. The van der Waals surface area contributed by atoms with E-state index >= 15 is 0 Å². The molecule has 33 heavy (non-hydrogen) atoms. The molecule has 172 valence electrons. The van der Waals surface area contributed by atoms with Crippen LogP contribution in [0.25, 0.3) is 20.9 Å². The van der Waals surface area contributed by atoms with Crippen LogP contribution in [0.15, 0.2) is 23.4 Å². The molecule has 4 aromatic rings. The maximum atomic E-state index is 4.72. The van der Waals surface area contributed by atoms with Crippen LogP contribution in [0.1, 0.15) is 34.1 Å². The van der Waals surface area contributed by atoms with E-state index in [1.165, 1.54) is 41.7 Å². The number of fused-ring (bicyclic) bond motifs is 2. The van der Waals surface area contributed by atoms with Crippen LogP contribution in [-0.2, 0) is 12.5 Å². The molecule has 4 heterocycles. The van der Waals surface area contributed by atoms with Gasteiger partial charge < -0.3 is 9.47 Å². The van der Waals surface area contributed by atoms with Gasteiger partial charge in [-0.2, -0.15) is 0 Å². The highest BCUT2D eigenvalue weighted by atomic mass is 32.2. The van der Waals surface area contributed by atoms with Gasteiger partial charge in [-0.1, -0.05) is 17.8 Å². The van der Waals surface area contributed by atoms with Crippen LogP contribution in [0.3, 0.4) is 0 Å². The number of hydrogen-bond donors (Lipinski definition) is 0.